The second-order valence-corrected chi connectivity index (χ2v) is 8.66. The van der Waals surface area contributed by atoms with Crippen LogP contribution in [0.1, 0.15) is 16.9 Å². The molecule has 29 heavy (non-hydrogen) atoms. The Hall–Kier alpha value is -2.77. The average molecular weight is 469 g/mol. The van der Waals surface area contributed by atoms with Crippen molar-refractivity contribution in [2.75, 3.05) is 0 Å². The van der Waals surface area contributed by atoms with Crippen molar-refractivity contribution in [2.45, 2.75) is 13.8 Å². The molecule has 144 valence electrons. The van der Waals surface area contributed by atoms with Gasteiger partial charge in [0.1, 0.15) is 27.4 Å². The van der Waals surface area contributed by atoms with Crippen LogP contribution in [0.5, 0.6) is 0 Å². The van der Waals surface area contributed by atoms with Gasteiger partial charge in [0.05, 0.1) is 5.52 Å². The van der Waals surface area contributed by atoms with Gasteiger partial charge in [-0.15, -0.1) is 0 Å². The lowest BCUT2D eigenvalue weighted by atomic mass is 10.1. The van der Waals surface area contributed by atoms with Crippen LogP contribution in [0, 0.1) is 19.7 Å². The number of aryl methyl sites for hydroxylation is 1. The van der Waals surface area contributed by atoms with E-state index in [9.17, 15) is 9.18 Å². The van der Waals surface area contributed by atoms with Crippen molar-refractivity contribution in [3.05, 3.63) is 84.5 Å². The van der Waals surface area contributed by atoms with E-state index in [1.165, 1.54) is 23.5 Å². The van der Waals surface area contributed by atoms with Crippen LogP contribution >= 0.6 is 27.3 Å². The second kappa shape index (κ2) is 6.64. The topological polar surface area (TPSA) is 47.5 Å². The summed E-state index contributed by atoms with van der Waals surface area (Å²) in [7, 11) is 0. The molecular formula is C22H14BrFN2O2S. The summed E-state index contributed by atoms with van der Waals surface area (Å²) in [6.45, 7) is 4.04. The number of furan rings is 1. The van der Waals surface area contributed by atoms with Crippen molar-refractivity contribution in [1.29, 1.82) is 0 Å². The molecule has 0 saturated carbocycles. The first-order chi connectivity index (χ1) is 13.9. The van der Waals surface area contributed by atoms with E-state index in [4.69, 9.17) is 4.42 Å². The van der Waals surface area contributed by atoms with Gasteiger partial charge in [0.25, 0.3) is 5.56 Å². The zero-order valence-corrected chi connectivity index (χ0v) is 17.9. The molecule has 2 aromatic carbocycles. The molecule has 0 aliphatic rings. The predicted octanol–water partition coefficient (Wildman–Crippen LogP) is 5.24. The number of fused-ring (bicyclic) bond motifs is 3. The van der Waals surface area contributed by atoms with Crippen LogP contribution in [0.15, 0.2) is 56.1 Å². The molecule has 5 rings (SSSR count). The Kier molecular flexibility index (Phi) is 4.18. The zero-order valence-electron chi connectivity index (χ0n) is 15.5. The van der Waals surface area contributed by atoms with Crippen molar-refractivity contribution in [1.82, 2.24) is 9.38 Å². The molecule has 0 N–H and O–H groups in total. The average Bonchev–Trinajstić information content (AvgIpc) is 3.38. The smallest absolute Gasteiger partial charge is 0.275 e. The van der Waals surface area contributed by atoms with Gasteiger partial charge in [-0.1, -0.05) is 11.3 Å². The van der Waals surface area contributed by atoms with Gasteiger partial charge in [-0.25, -0.2) is 13.8 Å². The number of aromatic nitrogens is 2. The quantitative estimate of drug-likeness (QED) is 0.356. The van der Waals surface area contributed by atoms with E-state index < -0.39 is 0 Å². The van der Waals surface area contributed by atoms with Crippen molar-refractivity contribution in [3.63, 3.8) is 0 Å². The first-order valence-electron chi connectivity index (χ1n) is 8.90. The van der Waals surface area contributed by atoms with Crippen LogP contribution in [0.4, 0.5) is 4.39 Å². The molecule has 5 aromatic rings. The fourth-order valence-corrected chi connectivity index (χ4v) is 4.87. The van der Waals surface area contributed by atoms with Gasteiger partial charge in [-0.3, -0.25) is 4.79 Å². The van der Waals surface area contributed by atoms with Gasteiger partial charge < -0.3 is 4.42 Å². The minimum absolute atomic E-state index is 0.123. The van der Waals surface area contributed by atoms with Crippen molar-refractivity contribution in [3.8, 4) is 11.3 Å². The van der Waals surface area contributed by atoms with Gasteiger partial charge in [0.15, 0.2) is 4.96 Å². The number of halogens is 2. The molecular weight excluding hydrogens is 455 g/mol. The number of hydrogen-bond acceptors (Lipinski definition) is 4. The van der Waals surface area contributed by atoms with E-state index in [1.807, 2.05) is 19.9 Å². The van der Waals surface area contributed by atoms with Crippen molar-refractivity contribution in [2.24, 2.45) is 0 Å². The molecule has 0 saturated heterocycles. The number of thiazole rings is 1. The number of imidazole rings is 1. The first kappa shape index (κ1) is 18.3. The highest BCUT2D eigenvalue weighted by molar-refractivity contribution is 9.10. The van der Waals surface area contributed by atoms with Crippen LogP contribution in [0.3, 0.4) is 0 Å². The van der Waals surface area contributed by atoms with Crippen LogP contribution in [-0.2, 0) is 0 Å². The Morgan fingerprint density at radius 2 is 1.93 bits per heavy atom. The summed E-state index contributed by atoms with van der Waals surface area (Å²) in [5.41, 5.74) is 4.45. The van der Waals surface area contributed by atoms with Gasteiger partial charge in [-0.05, 0) is 83.4 Å². The molecule has 3 aromatic heterocycles. The fraction of sp³-hybridized carbons (Fsp3) is 0.0909. The Morgan fingerprint density at radius 3 is 2.69 bits per heavy atom. The highest BCUT2D eigenvalue weighted by Crippen LogP contribution is 2.30. The number of benzene rings is 2. The third-order valence-electron chi connectivity index (χ3n) is 5.01. The van der Waals surface area contributed by atoms with Gasteiger partial charge in [0, 0.05) is 16.1 Å². The Morgan fingerprint density at radius 1 is 1.17 bits per heavy atom. The molecule has 0 amide bonds. The molecule has 0 radical (unpaired) electrons. The van der Waals surface area contributed by atoms with E-state index in [0.29, 0.717) is 21.0 Å². The summed E-state index contributed by atoms with van der Waals surface area (Å²) in [5.74, 6) is 0.878. The lowest BCUT2D eigenvalue weighted by Gasteiger charge is -2.03. The summed E-state index contributed by atoms with van der Waals surface area (Å²) >= 11 is 4.93. The van der Waals surface area contributed by atoms with E-state index in [0.717, 1.165) is 32.2 Å². The third-order valence-corrected chi connectivity index (χ3v) is 6.95. The summed E-state index contributed by atoms with van der Waals surface area (Å²) in [6, 6.07) is 11.7. The molecule has 0 bridgehead atoms. The zero-order chi connectivity index (χ0) is 20.3. The number of hydrogen-bond donors (Lipinski definition) is 0. The molecule has 0 spiro atoms. The van der Waals surface area contributed by atoms with Gasteiger partial charge in [-0.2, -0.15) is 0 Å². The maximum atomic E-state index is 13.1. The molecule has 4 nitrogen and oxygen atoms in total. The lowest BCUT2D eigenvalue weighted by molar-refractivity contribution is 0.571. The monoisotopic (exact) mass is 468 g/mol. The van der Waals surface area contributed by atoms with Crippen LogP contribution in [0.25, 0.3) is 33.4 Å². The van der Waals surface area contributed by atoms with Crippen molar-refractivity contribution < 1.29 is 8.81 Å². The van der Waals surface area contributed by atoms with E-state index >= 15 is 0 Å². The van der Waals surface area contributed by atoms with E-state index in [1.54, 1.807) is 34.7 Å². The summed E-state index contributed by atoms with van der Waals surface area (Å²) in [6.07, 6.45) is 1.72. The van der Waals surface area contributed by atoms with Crippen molar-refractivity contribution >= 4 is 49.3 Å². The minimum Gasteiger partial charge on any atom is -0.457 e. The van der Waals surface area contributed by atoms with E-state index in [-0.39, 0.29) is 11.4 Å². The SMILES string of the molecule is Cc1cc2c(nc3sc(=Cc4ccc(-c5ccc(F)cc5)o4)c(=O)n32)c(Br)c1C. The largest absolute Gasteiger partial charge is 0.457 e. The highest BCUT2D eigenvalue weighted by Gasteiger charge is 2.16. The first-order valence-corrected chi connectivity index (χ1v) is 10.5. The Balaban J connectivity index is 1.64. The van der Waals surface area contributed by atoms with Gasteiger partial charge in [0.2, 0.25) is 0 Å². The maximum absolute atomic E-state index is 13.1. The second-order valence-electron chi connectivity index (χ2n) is 6.85. The third kappa shape index (κ3) is 2.92. The van der Waals surface area contributed by atoms with E-state index in [2.05, 4.69) is 20.9 Å². The van der Waals surface area contributed by atoms with Crippen LogP contribution in [-0.4, -0.2) is 9.38 Å². The summed E-state index contributed by atoms with van der Waals surface area (Å²) < 4.78 is 22.1. The minimum atomic E-state index is -0.297. The Bertz CT molecular complexity index is 1510. The fourth-order valence-electron chi connectivity index (χ4n) is 3.31. The number of rotatable bonds is 2. The Labute approximate surface area is 177 Å². The summed E-state index contributed by atoms with van der Waals surface area (Å²) in [4.78, 5) is 18.3. The molecule has 0 atom stereocenters. The number of nitrogens with zero attached hydrogens (tertiary/aromatic N) is 2. The molecule has 0 fully saturated rings. The highest BCUT2D eigenvalue weighted by atomic mass is 79.9. The molecule has 7 heteroatoms. The molecule has 0 aliphatic carbocycles. The lowest BCUT2D eigenvalue weighted by Crippen LogP contribution is -2.22. The molecule has 0 unspecified atom stereocenters. The normalized spacial score (nSPS) is 12.5. The standard InChI is InChI=1S/C22H14BrFN2O2S/c1-11-9-16-20(19(23)12(11)2)25-22-26(16)21(27)18(29-22)10-15-7-8-17(28-15)13-3-5-14(24)6-4-13/h3-10H,1-2H3. The summed E-state index contributed by atoms with van der Waals surface area (Å²) in [5, 5.41) is 0. The van der Waals surface area contributed by atoms with Gasteiger partial charge >= 0.3 is 0 Å². The van der Waals surface area contributed by atoms with Crippen LogP contribution < -0.4 is 10.1 Å². The molecule has 3 heterocycles. The molecule has 0 aliphatic heterocycles. The van der Waals surface area contributed by atoms with Crippen LogP contribution in [0.2, 0.25) is 0 Å². The maximum Gasteiger partial charge on any atom is 0.275 e. The predicted molar refractivity (Wildman–Crippen MR) is 117 cm³/mol.